The number of nitrogens with one attached hydrogen (secondary N) is 2. The van der Waals surface area contributed by atoms with Crippen LogP contribution < -0.4 is 16.6 Å². The number of benzene rings is 1. The van der Waals surface area contributed by atoms with E-state index in [1.165, 1.54) is 0 Å². The van der Waals surface area contributed by atoms with Crippen molar-refractivity contribution >= 4 is 11.7 Å². The average molecular weight is 203 g/mol. The molecule has 0 saturated carbocycles. The average Bonchev–Trinajstić information content (AvgIpc) is 2.30. The van der Waals surface area contributed by atoms with Gasteiger partial charge in [-0.3, -0.25) is 10.9 Å². The second-order valence-corrected chi connectivity index (χ2v) is 3.29. The number of hydrazine groups is 1. The third-order valence-corrected chi connectivity index (χ3v) is 2.12. The topological polar surface area (TPSA) is 74.8 Å². The molecule has 0 fully saturated rings. The van der Waals surface area contributed by atoms with Gasteiger partial charge in [0.15, 0.2) is 5.84 Å². The van der Waals surface area contributed by atoms with Crippen LogP contribution >= 0.6 is 0 Å². The normalized spacial score (nSPS) is 14.8. The van der Waals surface area contributed by atoms with Crippen LogP contribution in [0.15, 0.2) is 34.5 Å². The zero-order chi connectivity index (χ0) is 10.7. The van der Waals surface area contributed by atoms with Crippen molar-refractivity contribution in [3.05, 3.63) is 35.4 Å². The van der Waals surface area contributed by atoms with Crippen molar-refractivity contribution in [2.24, 2.45) is 15.9 Å². The van der Waals surface area contributed by atoms with Crippen LogP contribution in [-0.4, -0.2) is 11.7 Å². The Labute approximate surface area is 88.1 Å². The van der Waals surface area contributed by atoms with Crippen molar-refractivity contribution < 1.29 is 0 Å². The van der Waals surface area contributed by atoms with E-state index in [9.17, 15) is 0 Å². The summed E-state index contributed by atoms with van der Waals surface area (Å²) < 4.78 is 0. The highest BCUT2D eigenvalue weighted by Crippen LogP contribution is 2.05. The molecule has 0 spiro atoms. The molecular formula is C10H13N5. The maximum atomic E-state index is 5.52. The number of nitrogens with two attached hydrogens (primary N) is 1. The maximum absolute atomic E-state index is 5.52. The minimum Gasteiger partial charge on any atom is -0.326 e. The van der Waals surface area contributed by atoms with Crippen LogP contribution in [0, 0.1) is 0 Å². The van der Waals surface area contributed by atoms with Crippen molar-refractivity contribution in [3.63, 3.8) is 0 Å². The van der Waals surface area contributed by atoms with Gasteiger partial charge in [0.25, 0.3) is 0 Å². The largest absolute Gasteiger partial charge is 0.326 e. The molecule has 5 nitrogen and oxygen atoms in total. The molecule has 2 rings (SSSR count). The fourth-order valence-electron chi connectivity index (χ4n) is 1.25. The predicted molar refractivity (Wildman–Crippen MR) is 60.3 cm³/mol. The molecule has 1 heterocycles. The van der Waals surface area contributed by atoms with Crippen molar-refractivity contribution in [2.45, 2.75) is 13.5 Å². The second kappa shape index (κ2) is 4.10. The summed E-state index contributed by atoms with van der Waals surface area (Å²) in [7, 11) is 0. The zero-order valence-corrected chi connectivity index (χ0v) is 8.49. The molecule has 0 radical (unpaired) electrons. The van der Waals surface area contributed by atoms with Crippen LogP contribution in [0.1, 0.15) is 18.1 Å². The standard InChI is InChI=1S/C10H13N5/c1-7-12-14-10(15-13-7)9-4-2-8(6-11)3-5-9/h2-5H,6,11H2,1H3,(H,12,13)(H,14,15). The molecule has 1 aliphatic rings. The third-order valence-electron chi connectivity index (χ3n) is 2.12. The van der Waals surface area contributed by atoms with Crippen molar-refractivity contribution in [2.75, 3.05) is 0 Å². The molecule has 1 aliphatic heterocycles. The highest BCUT2D eigenvalue weighted by atomic mass is 15.5. The SMILES string of the molecule is CC1=NN=C(c2ccc(CN)cc2)NN1. The zero-order valence-electron chi connectivity index (χ0n) is 8.49. The lowest BCUT2D eigenvalue weighted by Gasteiger charge is -2.14. The number of amidine groups is 2. The Morgan fingerprint density at radius 2 is 1.87 bits per heavy atom. The van der Waals surface area contributed by atoms with Gasteiger partial charge in [-0.1, -0.05) is 24.3 Å². The smallest absolute Gasteiger partial charge is 0.174 e. The van der Waals surface area contributed by atoms with Crippen LogP contribution in [0.3, 0.4) is 0 Å². The molecular weight excluding hydrogens is 190 g/mol. The van der Waals surface area contributed by atoms with E-state index in [0.717, 1.165) is 17.0 Å². The van der Waals surface area contributed by atoms with Crippen LogP contribution in [0.25, 0.3) is 0 Å². The van der Waals surface area contributed by atoms with E-state index in [1.807, 2.05) is 31.2 Å². The Morgan fingerprint density at radius 1 is 1.13 bits per heavy atom. The summed E-state index contributed by atoms with van der Waals surface area (Å²) >= 11 is 0. The highest BCUT2D eigenvalue weighted by molar-refractivity contribution is 6.01. The van der Waals surface area contributed by atoms with Crippen LogP contribution in [-0.2, 0) is 6.54 Å². The molecule has 0 bridgehead atoms. The number of hydrogen-bond acceptors (Lipinski definition) is 5. The first kappa shape index (κ1) is 9.67. The van der Waals surface area contributed by atoms with E-state index in [4.69, 9.17) is 5.73 Å². The Morgan fingerprint density at radius 3 is 2.40 bits per heavy atom. The van der Waals surface area contributed by atoms with Gasteiger partial charge in [-0.25, -0.2) is 0 Å². The van der Waals surface area contributed by atoms with Gasteiger partial charge in [0.05, 0.1) is 0 Å². The van der Waals surface area contributed by atoms with Crippen LogP contribution in [0.2, 0.25) is 0 Å². The molecule has 1 aromatic rings. The fraction of sp³-hybridized carbons (Fsp3) is 0.200. The molecule has 0 aliphatic carbocycles. The lowest BCUT2D eigenvalue weighted by molar-refractivity contribution is 0.820. The quantitative estimate of drug-likeness (QED) is 0.648. The Bertz CT molecular complexity index is 404. The maximum Gasteiger partial charge on any atom is 0.174 e. The minimum atomic E-state index is 0.551. The summed E-state index contributed by atoms with van der Waals surface area (Å²) in [5.41, 5.74) is 13.5. The number of nitrogens with zero attached hydrogens (tertiary/aromatic N) is 2. The molecule has 0 atom stereocenters. The monoisotopic (exact) mass is 203 g/mol. The summed E-state index contributed by atoms with van der Waals surface area (Å²) in [6, 6.07) is 7.88. The minimum absolute atomic E-state index is 0.551. The molecule has 1 aromatic carbocycles. The van der Waals surface area contributed by atoms with Crippen molar-refractivity contribution in [3.8, 4) is 0 Å². The van der Waals surface area contributed by atoms with Gasteiger partial charge in [-0.15, -0.1) is 10.2 Å². The first-order valence-corrected chi connectivity index (χ1v) is 4.73. The summed E-state index contributed by atoms with van der Waals surface area (Å²) in [6.07, 6.45) is 0. The molecule has 5 heteroatoms. The van der Waals surface area contributed by atoms with E-state index in [0.29, 0.717) is 12.4 Å². The molecule has 0 aromatic heterocycles. The van der Waals surface area contributed by atoms with Crippen LogP contribution in [0.5, 0.6) is 0 Å². The summed E-state index contributed by atoms with van der Waals surface area (Å²) in [5.74, 6) is 1.46. The Hall–Kier alpha value is -1.88. The Balaban J connectivity index is 2.23. The number of hydrogen-bond donors (Lipinski definition) is 3. The predicted octanol–water partition coefficient (Wildman–Crippen LogP) is 0.333. The summed E-state index contributed by atoms with van der Waals surface area (Å²) in [6.45, 7) is 2.39. The van der Waals surface area contributed by atoms with E-state index in [2.05, 4.69) is 21.1 Å². The second-order valence-electron chi connectivity index (χ2n) is 3.29. The first-order valence-electron chi connectivity index (χ1n) is 4.73. The van der Waals surface area contributed by atoms with Gasteiger partial charge in [0.1, 0.15) is 5.84 Å². The van der Waals surface area contributed by atoms with E-state index >= 15 is 0 Å². The molecule has 15 heavy (non-hydrogen) atoms. The van der Waals surface area contributed by atoms with Gasteiger partial charge < -0.3 is 5.73 Å². The van der Waals surface area contributed by atoms with E-state index in [-0.39, 0.29) is 0 Å². The summed E-state index contributed by atoms with van der Waals surface area (Å²) in [4.78, 5) is 0. The number of rotatable bonds is 2. The van der Waals surface area contributed by atoms with Gasteiger partial charge in [-0.05, 0) is 12.5 Å². The lowest BCUT2D eigenvalue weighted by Crippen LogP contribution is -2.43. The van der Waals surface area contributed by atoms with Crippen molar-refractivity contribution in [1.29, 1.82) is 0 Å². The molecule has 4 N–H and O–H groups in total. The van der Waals surface area contributed by atoms with Gasteiger partial charge in [0, 0.05) is 12.1 Å². The first-order chi connectivity index (χ1) is 7.29. The molecule has 0 unspecified atom stereocenters. The molecule has 0 saturated heterocycles. The van der Waals surface area contributed by atoms with E-state index < -0.39 is 0 Å². The molecule has 78 valence electrons. The van der Waals surface area contributed by atoms with Gasteiger partial charge in [0.2, 0.25) is 0 Å². The Kier molecular flexibility index (Phi) is 2.64. The summed E-state index contributed by atoms with van der Waals surface area (Å²) in [5, 5.41) is 7.97. The van der Waals surface area contributed by atoms with Gasteiger partial charge >= 0.3 is 0 Å². The van der Waals surface area contributed by atoms with Crippen molar-refractivity contribution in [1.82, 2.24) is 10.9 Å². The third kappa shape index (κ3) is 2.13. The lowest BCUT2D eigenvalue weighted by atomic mass is 10.1. The van der Waals surface area contributed by atoms with Crippen LogP contribution in [0.4, 0.5) is 0 Å². The fourth-order valence-corrected chi connectivity index (χ4v) is 1.25. The van der Waals surface area contributed by atoms with Gasteiger partial charge in [-0.2, -0.15) is 0 Å². The molecule has 0 amide bonds. The highest BCUT2D eigenvalue weighted by Gasteiger charge is 2.06. The van der Waals surface area contributed by atoms with E-state index in [1.54, 1.807) is 0 Å².